The van der Waals surface area contributed by atoms with Crippen LogP contribution in [0.5, 0.6) is 0 Å². The van der Waals surface area contributed by atoms with Gasteiger partial charge in [-0.05, 0) is 94.4 Å². The number of aromatic nitrogens is 2. The quantitative estimate of drug-likeness (QED) is 0.235. The molecule has 4 aromatic rings. The summed E-state index contributed by atoms with van der Waals surface area (Å²) >= 11 is 1.14. The highest BCUT2D eigenvalue weighted by Gasteiger charge is 2.38. The number of amides is 2. The number of fused-ring (bicyclic) bond motifs is 5. The van der Waals surface area contributed by atoms with Crippen LogP contribution in [0.3, 0.4) is 0 Å². The van der Waals surface area contributed by atoms with Crippen LogP contribution in [0.25, 0.3) is 32.9 Å². The zero-order chi connectivity index (χ0) is 33.7. The lowest BCUT2D eigenvalue weighted by Gasteiger charge is -2.40. The van der Waals surface area contributed by atoms with E-state index in [9.17, 15) is 24.3 Å². The normalized spacial score (nSPS) is 19.3. The summed E-state index contributed by atoms with van der Waals surface area (Å²) in [6, 6.07) is 15.0. The number of benzene rings is 2. The van der Waals surface area contributed by atoms with Crippen LogP contribution >= 0.6 is 23.7 Å². The molecular weight excluding hydrogens is 662 g/mol. The van der Waals surface area contributed by atoms with Gasteiger partial charge < -0.3 is 24.4 Å². The first-order valence-corrected chi connectivity index (χ1v) is 17.7. The molecule has 0 atom stereocenters. The lowest BCUT2D eigenvalue weighted by Crippen LogP contribution is -2.52. The highest BCUT2D eigenvalue weighted by molar-refractivity contribution is 7.18. The number of likely N-dealkylation sites (N-methyl/N-ethyl adjacent to an activating group) is 1. The SMILES string of the molecule is CC1CCC(C(=O)N(c2cc(-c3ccc4c(c3)C(=O)Cn3c-4nc4ccccc43)sc2C(=O)O)C2CCN(C(=O)CN(C)C)CC2)CC1.Cl. The Hall–Kier alpha value is -4.06. The number of ketones is 1. The van der Waals surface area contributed by atoms with E-state index in [1.165, 1.54) is 0 Å². The topological polar surface area (TPSA) is 116 Å². The molecule has 0 bridgehead atoms. The van der Waals surface area contributed by atoms with E-state index in [0.717, 1.165) is 65.0 Å². The molecule has 2 amide bonds. The molecule has 0 spiro atoms. The van der Waals surface area contributed by atoms with Gasteiger partial charge in [0.15, 0.2) is 5.78 Å². The number of para-hydroxylation sites is 2. The Labute approximate surface area is 296 Å². The Kier molecular flexibility index (Phi) is 9.97. The Balaban J connectivity index is 0.00000417. The van der Waals surface area contributed by atoms with Gasteiger partial charge in [-0.3, -0.25) is 14.4 Å². The Morgan fingerprint density at radius 2 is 1.67 bits per heavy atom. The van der Waals surface area contributed by atoms with Gasteiger partial charge in [0.2, 0.25) is 11.8 Å². The average Bonchev–Trinajstić information content (AvgIpc) is 3.68. The minimum atomic E-state index is -1.09. The molecule has 0 radical (unpaired) electrons. The Bertz CT molecular complexity index is 1920. The number of aromatic carboxylic acids is 1. The molecule has 2 aromatic heterocycles. The molecule has 258 valence electrons. The van der Waals surface area contributed by atoms with E-state index in [2.05, 4.69) is 6.92 Å². The zero-order valence-electron chi connectivity index (χ0n) is 28.1. The molecule has 2 aromatic carbocycles. The van der Waals surface area contributed by atoms with Gasteiger partial charge in [0.25, 0.3) is 0 Å². The summed E-state index contributed by atoms with van der Waals surface area (Å²) in [5.74, 6) is 0.0587. The second-order valence-corrected chi connectivity index (χ2v) is 14.9. The molecule has 1 saturated carbocycles. The molecule has 7 rings (SSSR count). The van der Waals surface area contributed by atoms with E-state index in [0.29, 0.717) is 54.5 Å². The second-order valence-electron chi connectivity index (χ2n) is 13.8. The molecule has 1 N–H and O–H groups in total. The number of Topliss-reactive ketones (excluding diaryl/α,β-unsaturated/α-hetero) is 1. The number of hydrogen-bond acceptors (Lipinski definition) is 7. The molecular formula is C37H42ClN5O5S. The molecule has 1 saturated heterocycles. The van der Waals surface area contributed by atoms with Crippen molar-refractivity contribution in [2.75, 3.05) is 38.6 Å². The number of thiophene rings is 1. The fourth-order valence-corrected chi connectivity index (χ4v) is 8.58. The molecule has 1 aliphatic carbocycles. The van der Waals surface area contributed by atoms with E-state index in [-0.39, 0.29) is 53.4 Å². The van der Waals surface area contributed by atoms with Crippen molar-refractivity contribution in [1.29, 1.82) is 0 Å². The Morgan fingerprint density at radius 1 is 0.959 bits per heavy atom. The number of hydrogen-bond donors (Lipinski definition) is 1. The van der Waals surface area contributed by atoms with Crippen LogP contribution in [0.1, 0.15) is 65.5 Å². The van der Waals surface area contributed by atoms with Crippen LogP contribution < -0.4 is 4.90 Å². The fraction of sp³-hybridized carbons (Fsp3) is 0.432. The van der Waals surface area contributed by atoms with Gasteiger partial charge in [-0.1, -0.05) is 25.1 Å². The maximum Gasteiger partial charge on any atom is 0.348 e. The van der Waals surface area contributed by atoms with Crippen molar-refractivity contribution >= 4 is 64.0 Å². The lowest BCUT2D eigenvalue weighted by molar-refractivity contribution is -0.132. The predicted molar refractivity (Wildman–Crippen MR) is 194 cm³/mol. The van der Waals surface area contributed by atoms with Crippen molar-refractivity contribution in [1.82, 2.24) is 19.4 Å². The second kappa shape index (κ2) is 14.0. The number of halogens is 1. The van der Waals surface area contributed by atoms with Crippen LogP contribution in [-0.2, 0) is 16.1 Å². The van der Waals surface area contributed by atoms with Gasteiger partial charge in [-0.15, -0.1) is 23.7 Å². The number of piperidine rings is 1. The fourth-order valence-electron chi connectivity index (χ4n) is 7.59. The smallest absolute Gasteiger partial charge is 0.348 e. The number of carbonyl (C=O) groups excluding carboxylic acids is 3. The monoisotopic (exact) mass is 703 g/mol. The lowest BCUT2D eigenvalue weighted by atomic mass is 9.82. The molecule has 2 fully saturated rings. The first-order valence-electron chi connectivity index (χ1n) is 16.8. The molecule has 4 heterocycles. The highest BCUT2D eigenvalue weighted by Crippen LogP contribution is 2.43. The van der Waals surface area contributed by atoms with Crippen LogP contribution in [-0.4, -0.2) is 87.8 Å². The minimum absolute atomic E-state index is 0. The summed E-state index contributed by atoms with van der Waals surface area (Å²) < 4.78 is 1.94. The summed E-state index contributed by atoms with van der Waals surface area (Å²) in [5, 5.41) is 10.5. The van der Waals surface area contributed by atoms with Gasteiger partial charge in [0.1, 0.15) is 10.7 Å². The summed E-state index contributed by atoms with van der Waals surface area (Å²) in [6.07, 6.45) is 4.67. The van der Waals surface area contributed by atoms with Crippen molar-refractivity contribution in [3.05, 3.63) is 59.0 Å². The van der Waals surface area contributed by atoms with Gasteiger partial charge in [0, 0.05) is 41.1 Å². The third-order valence-corrected chi connectivity index (χ3v) is 11.4. The van der Waals surface area contributed by atoms with Crippen molar-refractivity contribution in [2.24, 2.45) is 11.8 Å². The van der Waals surface area contributed by atoms with E-state index in [1.54, 1.807) is 4.90 Å². The van der Waals surface area contributed by atoms with Crippen LogP contribution in [0.15, 0.2) is 48.5 Å². The number of carbonyl (C=O) groups is 4. The Morgan fingerprint density at radius 3 is 2.37 bits per heavy atom. The number of likely N-dealkylation sites (tertiary alicyclic amines) is 1. The largest absolute Gasteiger partial charge is 0.477 e. The highest BCUT2D eigenvalue weighted by atomic mass is 35.5. The standard InChI is InChI=1S/C37H41N5O5S.ClH/c1-22-8-10-23(11-9-22)36(45)42(25-14-16-40(17-15-25)33(44)21-39(2)3)30-19-32(48-34(30)37(46)47)24-12-13-26-27(18-24)31(43)20-41-29-7-5-4-6-28(29)38-35(26)41;/h4-7,12-13,18-19,22-23,25H,8-11,14-17,20-21H2,1-3H3,(H,46,47);1H. The number of nitrogens with zero attached hydrogens (tertiary/aromatic N) is 5. The number of imidazole rings is 1. The van der Waals surface area contributed by atoms with Gasteiger partial charge >= 0.3 is 5.97 Å². The third-order valence-electron chi connectivity index (χ3n) is 10.2. The zero-order valence-corrected chi connectivity index (χ0v) is 29.7. The van der Waals surface area contributed by atoms with Crippen molar-refractivity contribution < 1.29 is 24.3 Å². The molecule has 0 unspecified atom stereocenters. The molecule has 12 heteroatoms. The average molecular weight is 704 g/mol. The van der Waals surface area contributed by atoms with E-state index < -0.39 is 5.97 Å². The minimum Gasteiger partial charge on any atom is -0.477 e. The van der Waals surface area contributed by atoms with E-state index in [1.807, 2.05) is 77.0 Å². The first-order chi connectivity index (χ1) is 23.1. The maximum absolute atomic E-state index is 14.4. The first kappa shape index (κ1) is 34.8. The van der Waals surface area contributed by atoms with Gasteiger partial charge in [-0.25, -0.2) is 9.78 Å². The number of anilines is 1. The molecule has 10 nitrogen and oxygen atoms in total. The predicted octanol–water partition coefficient (Wildman–Crippen LogP) is 6.46. The van der Waals surface area contributed by atoms with Crippen LogP contribution in [0.2, 0.25) is 0 Å². The summed E-state index contributed by atoms with van der Waals surface area (Å²) in [7, 11) is 3.74. The number of carboxylic acids is 1. The van der Waals surface area contributed by atoms with Gasteiger partial charge in [0.05, 0.1) is 29.8 Å². The third kappa shape index (κ3) is 6.63. The van der Waals surface area contributed by atoms with Crippen LogP contribution in [0, 0.1) is 11.8 Å². The van der Waals surface area contributed by atoms with Crippen molar-refractivity contribution in [3.8, 4) is 21.8 Å². The maximum atomic E-state index is 14.4. The number of rotatable bonds is 7. The van der Waals surface area contributed by atoms with Crippen LogP contribution in [0.4, 0.5) is 5.69 Å². The summed E-state index contributed by atoms with van der Waals surface area (Å²) in [6.45, 7) is 3.75. The van der Waals surface area contributed by atoms with E-state index >= 15 is 0 Å². The van der Waals surface area contributed by atoms with Crippen molar-refractivity contribution in [3.63, 3.8) is 0 Å². The number of carboxylic acid groups (broad SMARTS) is 1. The van der Waals surface area contributed by atoms with Gasteiger partial charge in [-0.2, -0.15) is 0 Å². The molecule has 49 heavy (non-hydrogen) atoms. The summed E-state index contributed by atoms with van der Waals surface area (Å²) in [5.41, 5.74) is 4.19. The molecule has 3 aliphatic rings. The molecule has 2 aliphatic heterocycles. The van der Waals surface area contributed by atoms with E-state index in [4.69, 9.17) is 4.98 Å². The van der Waals surface area contributed by atoms with Crippen molar-refractivity contribution in [2.45, 2.75) is 58.0 Å². The summed E-state index contributed by atoms with van der Waals surface area (Å²) in [4.78, 5) is 64.6.